The van der Waals surface area contributed by atoms with Gasteiger partial charge in [0.05, 0.1) is 19.9 Å². The second kappa shape index (κ2) is 6.82. The van der Waals surface area contributed by atoms with Crippen LogP contribution in [0.3, 0.4) is 0 Å². The number of rotatable bonds is 4. The zero-order chi connectivity index (χ0) is 17.3. The number of hydrogen-bond acceptors (Lipinski definition) is 6. The van der Waals surface area contributed by atoms with Crippen molar-refractivity contribution < 1.29 is 14.3 Å². The van der Waals surface area contributed by atoms with Crippen molar-refractivity contribution in [3.63, 3.8) is 0 Å². The number of carbonyl (C=O) groups excluding carboxylic acids is 1. The molecule has 3 rings (SSSR count). The first-order chi connectivity index (χ1) is 11.6. The quantitative estimate of drug-likeness (QED) is 0.843. The fraction of sp³-hybridized carbons (Fsp3) is 0.375. The fourth-order valence-electron chi connectivity index (χ4n) is 2.80. The summed E-state index contributed by atoms with van der Waals surface area (Å²) in [5, 5.41) is 0. The Morgan fingerprint density at radius 2 is 1.96 bits per heavy atom. The summed E-state index contributed by atoms with van der Waals surface area (Å²) in [5.74, 6) is 1.55. The topological polar surface area (TPSA) is 69.7 Å². The third-order valence-corrected chi connectivity index (χ3v) is 5.44. The average molecular weight is 365 g/mol. The van der Waals surface area contributed by atoms with Gasteiger partial charge in [-0.2, -0.15) is 0 Å². The molecule has 0 radical (unpaired) electrons. The van der Waals surface area contributed by atoms with Crippen molar-refractivity contribution in [3.8, 4) is 17.2 Å². The molecule has 6 nitrogen and oxygen atoms in total. The fourth-order valence-corrected chi connectivity index (χ4v) is 4.12. The van der Waals surface area contributed by atoms with E-state index < -0.39 is 0 Å². The molecule has 1 aliphatic heterocycles. The Balaban J connectivity index is 2.10. The van der Waals surface area contributed by atoms with E-state index in [-0.39, 0.29) is 5.91 Å². The van der Waals surface area contributed by atoms with Gasteiger partial charge in [0.25, 0.3) is 5.91 Å². The molecule has 0 aliphatic carbocycles. The Kier molecular flexibility index (Phi) is 4.77. The van der Waals surface area contributed by atoms with E-state index in [0.29, 0.717) is 31.8 Å². The van der Waals surface area contributed by atoms with Crippen molar-refractivity contribution >= 4 is 35.3 Å². The number of amides is 1. The van der Waals surface area contributed by atoms with Crippen molar-refractivity contribution in [2.24, 2.45) is 0 Å². The second-order valence-electron chi connectivity index (χ2n) is 5.45. The van der Waals surface area contributed by atoms with E-state index in [4.69, 9.17) is 27.4 Å². The molecular weight excluding hydrogens is 346 g/mol. The van der Waals surface area contributed by atoms with Crippen LogP contribution in [-0.4, -0.2) is 42.7 Å². The van der Waals surface area contributed by atoms with Gasteiger partial charge >= 0.3 is 0 Å². The largest absolute Gasteiger partial charge is 0.497 e. The van der Waals surface area contributed by atoms with E-state index >= 15 is 0 Å². The van der Waals surface area contributed by atoms with Gasteiger partial charge in [0.2, 0.25) is 0 Å². The van der Waals surface area contributed by atoms with Crippen LogP contribution in [0.1, 0.15) is 22.5 Å². The lowest BCUT2D eigenvalue weighted by Gasteiger charge is -2.15. The molecule has 128 valence electrons. The highest BCUT2D eigenvalue weighted by Gasteiger charge is 2.26. The lowest BCUT2D eigenvalue weighted by atomic mass is 10.2. The molecule has 1 aliphatic rings. The van der Waals surface area contributed by atoms with Crippen molar-refractivity contribution in [2.45, 2.75) is 12.8 Å². The number of benzene rings is 1. The average Bonchev–Trinajstić information content (AvgIpc) is 3.22. The molecule has 0 saturated carbocycles. The molecule has 1 fully saturated rings. The van der Waals surface area contributed by atoms with Crippen LogP contribution in [0.2, 0.25) is 0 Å². The zero-order valence-corrected chi connectivity index (χ0v) is 15.2. The zero-order valence-electron chi connectivity index (χ0n) is 13.6. The molecule has 0 bridgehead atoms. The van der Waals surface area contributed by atoms with Crippen molar-refractivity contribution in [1.82, 2.24) is 9.47 Å². The number of aromatic nitrogens is 1. The van der Waals surface area contributed by atoms with Gasteiger partial charge in [0.15, 0.2) is 3.95 Å². The number of ether oxygens (including phenoxy) is 2. The Bertz CT molecular complexity index is 822. The predicted molar refractivity (Wildman–Crippen MR) is 97.1 cm³/mol. The minimum absolute atomic E-state index is 0.0540. The molecular formula is C16H19N3O3S2. The van der Waals surface area contributed by atoms with Crippen LogP contribution in [0.4, 0.5) is 5.82 Å². The molecule has 2 heterocycles. The lowest BCUT2D eigenvalue weighted by molar-refractivity contribution is 0.0798. The Hall–Kier alpha value is -2.06. The smallest absolute Gasteiger partial charge is 0.267 e. The van der Waals surface area contributed by atoms with E-state index in [1.54, 1.807) is 37.0 Å². The number of nitrogens with two attached hydrogens (primary N) is 1. The monoisotopic (exact) mass is 365 g/mol. The standard InChI is InChI=1S/C16H19N3O3S2/c1-21-10-5-6-12(22-2)11(9-10)19-14(17)13(24-16(19)23)15(20)18-7-3-4-8-18/h5-6,9H,3-4,7-8,17H2,1-2H3. The summed E-state index contributed by atoms with van der Waals surface area (Å²) in [6.45, 7) is 1.54. The number of nitrogen functional groups attached to an aromatic ring is 1. The van der Waals surface area contributed by atoms with Gasteiger partial charge < -0.3 is 20.1 Å². The Labute approximate surface area is 149 Å². The molecule has 2 aromatic rings. The molecule has 0 atom stereocenters. The van der Waals surface area contributed by atoms with Gasteiger partial charge in [-0.25, -0.2) is 0 Å². The maximum Gasteiger partial charge on any atom is 0.267 e. The van der Waals surface area contributed by atoms with Crippen LogP contribution in [-0.2, 0) is 0 Å². The van der Waals surface area contributed by atoms with E-state index in [1.165, 1.54) is 11.3 Å². The summed E-state index contributed by atoms with van der Waals surface area (Å²) in [6, 6.07) is 5.38. The number of nitrogens with zero attached hydrogens (tertiary/aromatic N) is 2. The predicted octanol–water partition coefficient (Wildman–Crippen LogP) is 3.10. The lowest BCUT2D eigenvalue weighted by Crippen LogP contribution is -2.27. The normalized spacial score (nSPS) is 14.0. The third-order valence-electron chi connectivity index (χ3n) is 4.06. The number of likely N-dealkylation sites (tertiary alicyclic amines) is 1. The number of anilines is 1. The van der Waals surface area contributed by atoms with Crippen LogP contribution in [0, 0.1) is 3.95 Å². The number of hydrogen-bond donors (Lipinski definition) is 1. The van der Waals surface area contributed by atoms with Gasteiger partial charge in [-0.05, 0) is 37.2 Å². The van der Waals surface area contributed by atoms with Gasteiger partial charge in [-0.3, -0.25) is 9.36 Å². The SMILES string of the molecule is COc1ccc(OC)c(-n2c(N)c(C(=O)N3CCCC3)sc2=S)c1. The van der Waals surface area contributed by atoms with Crippen LogP contribution in [0.15, 0.2) is 18.2 Å². The number of methoxy groups -OCH3 is 2. The number of carbonyl (C=O) groups is 1. The van der Waals surface area contributed by atoms with E-state index in [2.05, 4.69) is 0 Å². The molecule has 1 saturated heterocycles. The minimum atomic E-state index is -0.0540. The highest BCUT2D eigenvalue weighted by Crippen LogP contribution is 2.34. The Morgan fingerprint density at radius 1 is 1.25 bits per heavy atom. The maximum absolute atomic E-state index is 12.7. The summed E-state index contributed by atoms with van der Waals surface area (Å²) in [4.78, 5) is 15.0. The van der Waals surface area contributed by atoms with Gasteiger partial charge in [-0.1, -0.05) is 11.3 Å². The summed E-state index contributed by atoms with van der Waals surface area (Å²) < 4.78 is 12.9. The van der Waals surface area contributed by atoms with Crippen molar-refractivity contribution in [2.75, 3.05) is 33.0 Å². The molecule has 8 heteroatoms. The molecule has 2 N–H and O–H groups in total. The van der Waals surface area contributed by atoms with Crippen molar-refractivity contribution in [1.29, 1.82) is 0 Å². The molecule has 24 heavy (non-hydrogen) atoms. The van der Waals surface area contributed by atoms with Crippen LogP contribution in [0.5, 0.6) is 11.5 Å². The molecule has 1 amide bonds. The van der Waals surface area contributed by atoms with E-state index in [1.807, 2.05) is 4.90 Å². The summed E-state index contributed by atoms with van der Waals surface area (Å²) in [5.41, 5.74) is 6.95. The van der Waals surface area contributed by atoms with Crippen molar-refractivity contribution in [3.05, 3.63) is 27.0 Å². The highest BCUT2D eigenvalue weighted by molar-refractivity contribution is 7.73. The number of thiazole rings is 1. The summed E-state index contributed by atoms with van der Waals surface area (Å²) in [6.07, 6.45) is 2.06. The molecule has 1 aromatic carbocycles. The third kappa shape index (κ3) is 2.87. The Morgan fingerprint density at radius 3 is 2.58 bits per heavy atom. The van der Waals surface area contributed by atoms with Crippen LogP contribution >= 0.6 is 23.6 Å². The highest BCUT2D eigenvalue weighted by atomic mass is 32.1. The first kappa shape index (κ1) is 16.8. The van der Waals surface area contributed by atoms with Gasteiger partial charge in [0, 0.05) is 19.2 Å². The minimum Gasteiger partial charge on any atom is -0.497 e. The van der Waals surface area contributed by atoms with Gasteiger partial charge in [0.1, 0.15) is 22.2 Å². The van der Waals surface area contributed by atoms with Crippen LogP contribution < -0.4 is 15.2 Å². The molecule has 1 aromatic heterocycles. The summed E-state index contributed by atoms with van der Waals surface area (Å²) >= 11 is 6.69. The second-order valence-corrected chi connectivity index (χ2v) is 7.10. The summed E-state index contributed by atoms with van der Waals surface area (Å²) in [7, 11) is 3.16. The molecule has 0 spiro atoms. The van der Waals surface area contributed by atoms with E-state index in [0.717, 1.165) is 25.9 Å². The first-order valence-corrected chi connectivity index (χ1v) is 8.82. The van der Waals surface area contributed by atoms with Gasteiger partial charge in [-0.15, -0.1) is 0 Å². The maximum atomic E-state index is 12.7. The molecule has 0 unspecified atom stereocenters. The first-order valence-electron chi connectivity index (χ1n) is 7.59. The van der Waals surface area contributed by atoms with Crippen LogP contribution in [0.25, 0.3) is 5.69 Å². The van der Waals surface area contributed by atoms with E-state index in [9.17, 15) is 4.79 Å².